The molecular weight excluding hydrogens is 238 g/mol. The summed E-state index contributed by atoms with van der Waals surface area (Å²) in [7, 11) is 1.55. The van der Waals surface area contributed by atoms with E-state index in [1.54, 1.807) is 19.5 Å². The van der Waals surface area contributed by atoms with E-state index in [2.05, 4.69) is 15.1 Å². The molecule has 0 aliphatic rings. The van der Waals surface area contributed by atoms with Gasteiger partial charge in [0, 0.05) is 17.1 Å². The third kappa shape index (κ3) is 2.20. The molecule has 1 N–H and O–H groups in total. The van der Waals surface area contributed by atoms with Crippen molar-refractivity contribution in [3.8, 4) is 0 Å². The molecule has 1 aromatic carbocycles. The number of pyridine rings is 1. The summed E-state index contributed by atoms with van der Waals surface area (Å²) < 4.78 is 0. The summed E-state index contributed by atoms with van der Waals surface area (Å²) in [5.41, 5.74) is 3.68. The molecule has 0 fully saturated rings. The van der Waals surface area contributed by atoms with Crippen LogP contribution in [0.15, 0.2) is 60.0 Å². The summed E-state index contributed by atoms with van der Waals surface area (Å²) in [4.78, 5) is 12.4. The topological polar surface area (TPSA) is 50.3 Å². The maximum Gasteiger partial charge on any atom is 0.133 e. The maximum absolute atomic E-state index is 4.96. The van der Waals surface area contributed by atoms with Crippen LogP contribution >= 0.6 is 0 Å². The van der Waals surface area contributed by atoms with E-state index in [1.165, 1.54) is 0 Å². The second kappa shape index (κ2) is 4.94. The Kier molecular flexibility index (Phi) is 2.98. The van der Waals surface area contributed by atoms with Crippen molar-refractivity contribution in [3.63, 3.8) is 0 Å². The van der Waals surface area contributed by atoms with E-state index in [-0.39, 0.29) is 0 Å². The lowest BCUT2D eigenvalue weighted by Gasteiger charge is -2.03. The Hall–Kier alpha value is -2.62. The van der Waals surface area contributed by atoms with Gasteiger partial charge in [0.15, 0.2) is 0 Å². The minimum atomic E-state index is 0.777. The first-order valence-electron chi connectivity index (χ1n) is 5.98. The highest BCUT2D eigenvalue weighted by molar-refractivity contribution is 6.13. The molecule has 0 saturated carbocycles. The zero-order chi connectivity index (χ0) is 13.1. The van der Waals surface area contributed by atoms with Gasteiger partial charge in [-0.15, -0.1) is 0 Å². The quantitative estimate of drug-likeness (QED) is 0.574. The van der Waals surface area contributed by atoms with Gasteiger partial charge in [0.1, 0.15) is 12.8 Å². The SMILES string of the molecule is CO/N=C(\c1ccccc1)c1cc2ccncc2[nH]1. The van der Waals surface area contributed by atoms with Crippen LogP contribution in [0.5, 0.6) is 0 Å². The first-order chi connectivity index (χ1) is 9.38. The minimum Gasteiger partial charge on any atom is -0.399 e. The summed E-state index contributed by atoms with van der Waals surface area (Å²) in [5, 5.41) is 5.23. The van der Waals surface area contributed by atoms with E-state index in [4.69, 9.17) is 4.84 Å². The van der Waals surface area contributed by atoms with Crippen molar-refractivity contribution in [3.05, 3.63) is 66.1 Å². The third-order valence-electron chi connectivity index (χ3n) is 2.91. The number of hydrogen-bond donors (Lipinski definition) is 1. The number of fused-ring (bicyclic) bond motifs is 1. The minimum absolute atomic E-state index is 0.777. The summed E-state index contributed by atoms with van der Waals surface area (Å²) in [6.07, 6.45) is 3.57. The fourth-order valence-corrected chi connectivity index (χ4v) is 2.04. The summed E-state index contributed by atoms with van der Waals surface area (Å²) >= 11 is 0. The van der Waals surface area contributed by atoms with Gasteiger partial charge in [0.25, 0.3) is 0 Å². The lowest BCUT2D eigenvalue weighted by Crippen LogP contribution is -2.04. The maximum atomic E-state index is 4.96. The van der Waals surface area contributed by atoms with Crippen molar-refractivity contribution in [2.75, 3.05) is 7.11 Å². The first kappa shape index (κ1) is 11.5. The molecule has 4 nitrogen and oxygen atoms in total. The van der Waals surface area contributed by atoms with Gasteiger partial charge < -0.3 is 9.82 Å². The van der Waals surface area contributed by atoms with Crippen molar-refractivity contribution < 1.29 is 4.84 Å². The normalized spacial score (nSPS) is 11.7. The number of H-pyrrole nitrogens is 1. The van der Waals surface area contributed by atoms with E-state index in [0.717, 1.165) is 27.9 Å². The highest BCUT2D eigenvalue weighted by Crippen LogP contribution is 2.17. The van der Waals surface area contributed by atoms with Crippen LogP contribution in [-0.4, -0.2) is 22.8 Å². The van der Waals surface area contributed by atoms with Crippen molar-refractivity contribution in [2.45, 2.75) is 0 Å². The molecule has 0 radical (unpaired) electrons. The number of nitrogens with one attached hydrogen (secondary N) is 1. The summed E-state index contributed by atoms with van der Waals surface area (Å²) in [6, 6.07) is 13.9. The molecule has 0 aliphatic carbocycles. The van der Waals surface area contributed by atoms with Crippen molar-refractivity contribution in [2.24, 2.45) is 5.16 Å². The first-order valence-corrected chi connectivity index (χ1v) is 5.98. The Balaban J connectivity index is 2.13. The summed E-state index contributed by atoms with van der Waals surface area (Å²) in [5.74, 6) is 0. The molecule has 0 amide bonds. The van der Waals surface area contributed by atoms with Crippen LogP contribution in [0.1, 0.15) is 11.3 Å². The van der Waals surface area contributed by atoms with Crippen LogP contribution in [0.2, 0.25) is 0 Å². The van der Waals surface area contributed by atoms with Crippen LogP contribution in [0, 0.1) is 0 Å². The van der Waals surface area contributed by atoms with Crippen LogP contribution in [0.25, 0.3) is 10.9 Å². The van der Waals surface area contributed by atoms with Crippen LogP contribution in [0.4, 0.5) is 0 Å². The molecule has 0 atom stereocenters. The van der Waals surface area contributed by atoms with Gasteiger partial charge in [0.2, 0.25) is 0 Å². The Morgan fingerprint density at radius 1 is 1.21 bits per heavy atom. The monoisotopic (exact) mass is 251 g/mol. The number of aromatic nitrogens is 2. The third-order valence-corrected chi connectivity index (χ3v) is 2.91. The Morgan fingerprint density at radius 2 is 2.05 bits per heavy atom. The lowest BCUT2D eigenvalue weighted by atomic mass is 10.1. The van der Waals surface area contributed by atoms with E-state index < -0.39 is 0 Å². The zero-order valence-electron chi connectivity index (χ0n) is 10.5. The number of nitrogens with zero attached hydrogens (tertiary/aromatic N) is 2. The van der Waals surface area contributed by atoms with Gasteiger partial charge in [-0.3, -0.25) is 4.98 Å². The predicted octanol–water partition coefficient (Wildman–Crippen LogP) is 2.96. The van der Waals surface area contributed by atoms with Crippen molar-refractivity contribution in [1.82, 2.24) is 9.97 Å². The Bertz CT molecular complexity index is 683. The molecular formula is C15H13N3O. The number of aromatic amines is 1. The molecule has 0 saturated heterocycles. The van der Waals surface area contributed by atoms with E-state index in [0.29, 0.717) is 0 Å². The van der Waals surface area contributed by atoms with Crippen LogP contribution in [0.3, 0.4) is 0 Å². The molecule has 3 rings (SSSR count). The predicted molar refractivity (Wildman–Crippen MR) is 75.2 cm³/mol. The molecule has 2 aromatic heterocycles. The van der Waals surface area contributed by atoms with Gasteiger partial charge in [0.05, 0.1) is 17.4 Å². The standard InChI is InChI=1S/C15H13N3O/c1-19-18-15(11-5-3-2-4-6-11)13-9-12-7-8-16-10-14(12)17-13/h2-10,17H,1H3/b18-15+. The number of hydrogen-bond acceptors (Lipinski definition) is 3. The average molecular weight is 251 g/mol. The zero-order valence-corrected chi connectivity index (χ0v) is 10.5. The molecule has 19 heavy (non-hydrogen) atoms. The largest absolute Gasteiger partial charge is 0.399 e. The lowest BCUT2D eigenvalue weighted by molar-refractivity contribution is 0.214. The highest BCUT2D eigenvalue weighted by atomic mass is 16.6. The molecule has 3 aromatic rings. The Labute approximate surface area is 110 Å². The van der Waals surface area contributed by atoms with Crippen LogP contribution in [-0.2, 0) is 4.84 Å². The molecule has 0 bridgehead atoms. The Morgan fingerprint density at radius 3 is 2.79 bits per heavy atom. The van der Waals surface area contributed by atoms with E-state index in [1.807, 2.05) is 42.5 Å². The van der Waals surface area contributed by atoms with Gasteiger partial charge in [-0.25, -0.2) is 0 Å². The molecule has 0 aliphatic heterocycles. The number of oxime groups is 1. The molecule has 2 heterocycles. The molecule has 4 heteroatoms. The second-order valence-corrected chi connectivity index (χ2v) is 4.13. The number of rotatable bonds is 3. The fraction of sp³-hybridized carbons (Fsp3) is 0.0667. The fourth-order valence-electron chi connectivity index (χ4n) is 2.04. The summed E-state index contributed by atoms with van der Waals surface area (Å²) in [6.45, 7) is 0. The smallest absolute Gasteiger partial charge is 0.133 e. The van der Waals surface area contributed by atoms with Crippen molar-refractivity contribution >= 4 is 16.6 Å². The van der Waals surface area contributed by atoms with Gasteiger partial charge >= 0.3 is 0 Å². The molecule has 94 valence electrons. The second-order valence-electron chi connectivity index (χ2n) is 4.13. The van der Waals surface area contributed by atoms with Gasteiger partial charge in [-0.05, 0) is 12.1 Å². The molecule has 0 spiro atoms. The van der Waals surface area contributed by atoms with Gasteiger partial charge in [-0.1, -0.05) is 35.5 Å². The molecule has 0 unspecified atom stereocenters. The van der Waals surface area contributed by atoms with Crippen LogP contribution < -0.4 is 0 Å². The highest BCUT2D eigenvalue weighted by Gasteiger charge is 2.10. The van der Waals surface area contributed by atoms with E-state index in [9.17, 15) is 0 Å². The van der Waals surface area contributed by atoms with Gasteiger partial charge in [-0.2, -0.15) is 0 Å². The average Bonchev–Trinajstić information content (AvgIpc) is 2.89. The van der Waals surface area contributed by atoms with Crippen molar-refractivity contribution in [1.29, 1.82) is 0 Å². The number of benzene rings is 1. The van der Waals surface area contributed by atoms with E-state index >= 15 is 0 Å².